The summed E-state index contributed by atoms with van der Waals surface area (Å²) < 4.78 is 43.9. The van der Waals surface area contributed by atoms with Gasteiger partial charge >= 0.3 is 6.18 Å². The van der Waals surface area contributed by atoms with Crippen LogP contribution in [0.3, 0.4) is 0 Å². The highest BCUT2D eigenvalue weighted by atomic mass is 19.4. The van der Waals surface area contributed by atoms with Gasteiger partial charge in [-0.05, 0) is 6.07 Å². The molecule has 0 aromatic carbocycles. The van der Waals surface area contributed by atoms with E-state index in [1.54, 1.807) is 0 Å². The standard InChI is InChI=1S/C11H15F3N4O2/c1-18-7(4-8(17-18)11(12,13)14)5-16-10(9(15)19)2-3-20-6-10/h4,16H,2-3,5-6H2,1H3,(H2,15,19). The second kappa shape index (κ2) is 5.06. The van der Waals surface area contributed by atoms with E-state index in [-0.39, 0.29) is 13.2 Å². The van der Waals surface area contributed by atoms with Crippen molar-refractivity contribution in [1.82, 2.24) is 15.1 Å². The number of alkyl halides is 3. The Bertz CT molecular complexity index is 506. The number of ether oxygens (including phenoxy) is 1. The molecule has 3 N–H and O–H groups in total. The smallest absolute Gasteiger partial charge is 0.379 e. The van der Waals surface area contributed by atoms with Gasteiger partial charge in [-0.2, -0.15) is 18.3 Å². The molecule has 1 aromatic rings. The van der Waals surface area contributed by atoms with Crippen LogP contribution < -0.4 is 11.1 Å². The van der Waals surface area contributed by atoms with E-state index in [1.165, 1.54) is 7.05 Å². The Hall–Kier alpha value is -1.61. The van der Waals surface area contributed by atoms with Crippen LogP contribution in [-0.2, 0) is 29.3 Å². The molecule has 9 heteroatoms. The van der Waals surface area contributed by atoms with Crippen LogP contribution >= 0.6 is 0 Å². The van der Waals surface area contributed by atoms with Gasteiger partial charge in [0.25, 0.3) is 0 Å². The van der Waals surface area contributed by atoms with Gasteiger partial charge in [0, 0.05) is 26.6 Å². The van der Waals surface area contributed by atoms with Gasteiger partial charge in [0.1, 0.15) is 5.54 Å². The third-order valence-corrected chi connectivity index (χ3v) is 3.37. The third kappa shape index (κ3) is 2.78. The molecule has 1 unspecified atom stereocenters. The number of nitrogens with zero attached hydrogens (tertiary/aromatic N) is 2. The number of hydrogen-bond donors (Lipinski definition) is 2. The molecule has 6 nitrogen and oxygen atoms in total. The summed E-state index contributed by atoms with van der Waals surface area (Å²) in [4.78, 5) is 11.5. The fourth-order valence-corrected chi connectivity index (χ4v) is 2.06. The minimum atomic E-state index is -4.49. The zero-order valence-electron chi connectivity index (χ0n) is 10.8. The van der Waals surface area contributed by atoms with Crippen LogP contribution in [0.1, 0.15) is 17.8 Å². The lowest BCUT2D eigenvalue weighted by atomic mass is 9.98. The summed E-state index contributed by atoms with van der Waals surface area (Å²) in [5, 5.41) is 6.29. The van der Waals surface area contributed by atoms with E-state index >= 15 is 0 Å². The van der Waals surface area contributed by atoms with E-state index < -0.39 is 23.3 Å². The minimum absolute atomic E-state index is 0.0475. The number of aromatic nitrogens is 2. The van der Waals surface area contributed by atoms with Gasteiger partial charge < -0.3 is 10.5 Å². The summed E-state index contributed by atoms with van der Waals surface area (Å²) in [6, 6.07) is 0.942. The Morgan fingerprint density at radius 3 is 2.80 bits per heavy atom. The Balaban J connectivity index is 2.11. The van der Waals surface area contributed by atoms with Crippen molar-refractivity contribution in [2.24, 2.45) is 12.8 Å². The van der Waals surface area contributed by atoms with Crippen molar-refractivity contribution in [1.29, 1.82) is 0 Å². The molecular formula is C11H15F3N4O2. The Kier molecular flexibility index (Phi) is 3.74. The van der Waals surface area contributed by atoms with E-state index in [4.69, 9.17) is 10.5 Å². The first-order chi connectivity index (χ1) is 9.24. The first-order valence-corrected chi connectivity index (χ1v) is 5.97. The van der Waals surface area contributed by atoms with Crippen LogP contribution in [0.15, 0.2) is 6.07 Å². The van der Waals surface area contributed by atoms with Crippen molar-refractivity contribution < 1.29 is 22.7 Å². The van der Waals surface area contributed by atoms with E-state index in [0.29, 0.717) is 18.7 Å². The number of nitrogens with two attached hydrogens (primary N) is 1. The number of carbonyl (C=O) groups is 1. The number of rotatable bonds is 4. The van der Waals surface area contributed by atoms with E-state index in [1.807, 2.05) is 0 Å². The lowest BCUT2D eigenvalue weighted by molar-refractivity contribution is -0.141. The zero-order valence-corrected chi connectivity index (χ0v) is 10.8. The highest BCUT2D eigenvalue weighted by Crippen LogP contribution is 2.28. The normalized spacial score (nSPS) is 23.2. The minimum Gasteiger partial charge on any atom is -0.379 e. The largest absolute Gasteiger partial charge is 0.435 e. The molecule has 1 aliphatic heterocycles. The van der Waals surface area contributed by atoms with Crippen molar-refractivity contribution in [2.45, 2.75) is 24.7 Å². The number of primary amides is 1. The second-order valence-electron chi connectivity index (χ2n) is 4.74. The quantitative estimate of drug-likeness (QED) is 0.829. The Morgan fingerprint density at radius 1 is 1.65 bits per heavy atom. The number of aryl methyl sites for hydroxylation is 1. The fraction of sp³-hybridized carbons (Fsp3) is 0.636. The summed E-state index contributed by atoms with van der Waals surface area (Å²) >= 11 is 0. The molecule has 0 bridgehead atoms. The molecule has 1 aliphatic rings. The summed E-state index contributed by atoms with van der Waals surface area (Å²) in [5.41, 5.74) is 3.65. The summed E-state index contributed by atoms with van der Waals surface area (Å²) in [5.74, 6) is -0.576. The molecule has 20 heavy (non-hydrogen) atoms. The number of hydrogen-bond acceptors (Lipinski definition) is 4. The van der Waals surface area contributed by atoms with E-state index in [0.717, 1.165) is 10.7 Å². The second-order valence-corrected chi connectivity index (χ2v) is 4.74. The summed E-state index contributed by atoms with van der Waals surface area (Å²) in [6.45, 7) is 0.549. The van der Waals surface area contributed by atoms with E-state index in [9.17, 15) is 18.0 Å². The molecular weight excluding hydrogens is 277 g/mol. The van der Waals surface area contributed by atoms with Gasteiger partial charge in [0.05, 0.1) is 12.3 Å². The number of nitrogens with one attached hydrogen (secondary N) is 1. The van der Waals surface area contributed by atoms with Crippen LogP contribution in [0.25, 0.3) is 0 Å². The highest BCUT2D eigenvalue weighted by molar-refractivity contribution is 5.85. The summed E-state index contributed by atoms with van der Waals surface area (Å²) in [6.07, 6.45) is -4.10. The maximum absolute atomic E-state index is 12.5. The van der Waals surface area contributed by atoms with Crippen LogP contribution in [0.2, 0.25) is 0 Å². The molecule has 2 rings (SSSR count). The molecule has 1 aromatic heterocycles. The zero-order chi connectivity index (χ0) is 15.0. The number of halogens is 3. The highest BCUT2D eigenvalue weighted by Gasteiger charge is 2.41. The van der Waals surface area contributed by atoms with Crippen LogP contribution in [0, 0.1) is 0 Å². The average Bonchev–Trinajstić information content (AvgIpc) is 2.93. The van der Waals surface area contributed by atoms with Crippen molar-refractivity contribution in [3.8, 4) is 0 Å². The van der Waals surface area contributed by atoms with Gasteiger partial charge in [0.2, 0.25) is 5.91 Å². The number of carbonyl (C=O) groups excluding carboxylic acids is 1. The van der Waals surface area contributed by atoms with Gasteiger partial charge in [-0.1, -0.05) is 0 Å². The lowest BCUT2D eigenvalue weighted by Crippen LogP contribution is -2.55. The predicted octanol–water partition coefficient (Wildman–Crippen LogP) is 0.173. The van der Waals surface area contributed by atoms with Gasteiger partial charge in [-0.3, -0.25) is 14.8 Å². The molecule has 0 spiro atoms. The van der Waals surface area contributed by atoms with Crippen LogP contribution in [-0.4, -0.2) is 34.4 Å². The Labute approximate surface area is 113 Å². The lowest BCUT2D eigenvalue weighted by Gasteiger charge is -2.24. The first-order valence-electron chi connectivity index (χ1n) is 5.97. The fourth-order valence-electron chi connectivity index (χ4n) is 2.06. The van der Waals surface area contributed by atoms with Gasteiger partial charge in [0.15, 0.2) is 5.69 Å². The first kappa shape index (κ1) is 14.8. The van der Waals surface area contributed by atoms with Crippen molar-refractivity contribution in [3.63, 3.8) is 0 Å². The average molecular weight is 292 g/mol. The van der Waals surface area contributed by atoms with Crippen LogP contribution in [0.5, 0.6) is 0 Å². The number of amides is 1. The topological polar surface area (TPSA) is 82.2 Å². The SMILES string of the molecule is Cn1nc(C(F)(F)F)cc1CNC1(C(N)=O)CCOC1. The molecule has 2 heterocycles. The maximum atomic E-state index is 12.5. The maximum Gasteiger partial charge on any atom is 0.435 e. The third-order valence-electron chi connectivity index (χ3n) is 3.37. The molecule has 0 saturated carbocycles. The van der Waals surface area contributed by atoms with Gasteiger partial charge in [-0.15, -0.1) is 0 Å². The molecule has 0 radical (unpaired) electrons. The predicted molar refractivity (Wildman–Crippen MR) is 62.4 cm³/mol. The molecule has 112 valence electrons. The Morgan fingerprint density at radius 2 is 2.35 bits per heavy atom. The molecule has 1 amide bonds. The van der Waals surface area contributed by atoms with Crippen molar-refractivity contribution in [3.05, 3.63) is 17.5 Å². The van der Waals surface area contributed by atoms with Crippen LogP contribution in [0.4, 0.5) is 13.2 Å². The molecule has 1 atom stereocenters. The van der Waals surface area contributed by atoms with Crippen molar-refractivity contribution >= 4 is 5.91 Å². The van der Waals surface area contributed by atoms with Gasteiger partial charge in [-0.25, -0.2) is 0 Å². The monoisotopic (exact) mass is 292 g/mol. The summed E-state index contributed by atoms with van der Waals surface area (Å²) in [7, 11) is 1.41. The molecule has 1 fully saturated rings. The molecule has 0 aliphatic carbocycles. The van der Waals surface area contributed by atoms with E-state index in [2.05, 4.69) is 10.4 Å². The van der Waals surface area contributed by atoms with Crippen molar-refractivity contribution in [2.75, 3.05) is 13.2 Å². The molecule has 1 saturated heterocycles.